The molecule has 1 amide bonds. The summed E-state index contributed by atoms with van der Waals surface area (Å²) in [5.74, 6) is 1.43. The van der Waals surface area contributed by atoms with Crippen LogP contribution in [0.25, 0.3) is 17.1 Å². The van der Waals surface area contributed by atoms with Crippen molar-refractivity contribution in [1.82, 2.24) is 14.8 Å². The molecule has 6 nitrogen and oxygen atoms in total. The third-order valence-corrected chi connectivity index (χ3v) is 5.54. The number of hydrogen-bond acceptors (Lipinski definition) is 4. The van der Waals surface area contributed by atoms with Crippen LogP contribution in [0.2, 0.25) is 10.0 Å². The molecule has 0 spiro atoms. The second-order valence-electron chi connectivity index (χ2n) is 7.55. The maximum atomic E-state index is 13.0. The number of aromatic nitrogens is 3. The van der Waals surface area contributed by atoms with Gasteiger partial charge in [0, 0.05) is 21.3 Å². The molecule has 0 radical (unpaired) electrons. The molecule has 0 saturated heterocycles. The summed E-state index contributed by atoms with van der Waals surface area (Å²) >= 11 is 12.2. The Morgan fingerprint density at radius 3 is 2.20 bits per heavy atom. The molecule has 0 atom stereocenters. The molecule has 8 heteroatoms. The first-order valence-electron chi connectivity index (χ1n) is 10.7. The van der Waals surface area contributed by atoms with E-state index in [2.05, 4.69) is 15.4 Å². The van der Waals surface area contributed by atoms with Crippen LogP contribution in [0.1, 0.15) is 10.6 Å². The van der Waals surface area contributed by atoms with Gasteiger partial charge in [0.25, 0.3) is 5.91 Å². The van der Waals surface area contributed by atoms with Crippen LogP contribution in [0.15, 0.2) is 103 Å². The van der Waals surface area contributed by atoms with Gasteiger partial charge in [-0.05, 0) is 72.8 Å². The van der Waals surface area contributed by atoms with Crippen LogP contribution in [0, 0.1) is 0 Å². The Morgan fingerprint density at radius 1 is 0.771 bits per heavy atom. The maximum absolute atomic E-state index is 13.0. The summed E-state index contributed by atoms with van der Waals surface area (Å²) in [6.07, 6.45) is 0. The zero-order valence-corrected chi connectivity index (χ0v) is 19.7. The molecule has 0 saturated carbocycles. The minimum atomic E-state index is -0.447. The van der Waals surface area contributed by atoms with Crippen LogP contribution < -0.4 is 10.1 Å². The van der Waals surface area contributed by atoms with Crippen molar-refractivity contribution >= 4 is 34.8 Å². The number of para-hydroxylation sites is 1. The number of hydrogen-bond donors (Lipinski definition) is 1. The van der Waals surface area contributed by atoms with E-state index in [1.54, 1.807) is 65.3 Å². The molecular weight excluding hydrogens is 483 g/mol. The largest absolute Gasteiger partial charge is 0.457 e. The summed E-state index contributed by atoms with van der Waals surface area (Å²) in [7, 11) is 0. The van der Waals surface area contributed by atoms with E-state index in [0.717, 1.165) is 11.3 Å². The SMILES string of the molecule is O=C(Nc1ccc(Oc2ccccc2)cc1)c1nc(-c2cccc(Cl)c2)n(-c2ccc(Cl)cc2)n1. The molecule has 0 fully saturated rings. The first-order chi connectivity index (χ1) is 17.0. The van der Waals surface area contributed by atoms with E-state index in [-0.39, 0.29) is 5.82 Å². The van der Waals surface area contributed by atoms with E-state index in [0.29, 0.717) is 33.0 Å². The lowest BCUT2D eigenvalue weighted by Gasteiger charge is -2.07. The van der Waals surface area contributed by atoms with Gasteiger partial charge in [0.05, 0.1) is 5.69 Å². The highest BCUT2D eigenvalue weighted by Gasteiger charge is 2.19. The Morgan fingerprint density at radius 2 is 1.49 bits per heavy atom. The fourth-order valence-electron chi connectivity index (χ4n) is 3.40. The lowest BCUT2D eigenvalue weighted by atomic mass is 10.2. The number of carbonyl (C=O) groups is 1. The van der Waals surface area contributed by atoms with Crippen LogP contribution >= 0.6 is 23.2 Å². The Bertz CT molecular complexity index is 1470. The molecule has 0 unspecified atom stereocenters. The Kier molecular flexibility index (Phi) is 6.48. The highest BCUT2D eigenvalue weighted by molar-refractivity contribution is 6.31. The smallest absolute Gasteiger partial charge is 0.295 e. The highest BCUT2D eigenvalue weighted by Crippen LogP contribution is 2.26. The quantitative estimate of drug-likeness (QED) is 0.265. The number of halogens is 2. The van der Waals surface area contributed by atoms with E-state index in [4.69, 9.17) is 27.9 Å². The molecule has 0 aliphatic heterocycles. The van der Waals surface area contributed by atoms with Crippen molar-refractivity contribution in [3.05, 3.63) is 119 Å². The van der Waals surface area contributed by atoms with Crippen molar-refractivity contribution in [2.75, 3.05) is 5.32 Å². The molecule has 172 valence electrons. The summed E-state index contributed by atoms with van der Waals surface area (Å²) in [5.41, 5.74) is 2.02. The van der Waals surface area contributed by atoms with Gasteiger partial charge in [-0.15, -0.1) is 5.10 Å². The van der Waals surface area contributed by atoms with E-state index < -0.39 is 5.91 Å². The number of rotatable bonds is 6. The van der Waals surface area contributed by atoms with Crippen LogP contribution in [-0.4, -0.2) is 20.7 Å². The average Bonchev–Trinajstić information content (AvgIpc) is 3.32. The van der Waals surface area contributed by atoms with Crippen LogP contribution in [0.4, 0.5) is 5.69 Å². The van der Waals surface area contributed by atoms with Gasteiger partial charge in [-0.25, -0.2) is 9.67 Å². The zero-order valence-electron chi connectivity index (χ0n) is 18.2. The Hall–Kier alpha value is -4.13. The third kappa shape index (κ3) is 5.35. The summed E-state index contributed by atoms with van der Waals surface area (Å²) < 4.78 is 7.39. The van der Waals surface area contributed by atoms with Crippen molar-refractivity contribution in [3.8, 4) is 28.6 Å². The number of nitrogens with zero attached hydrogens (tertiary/aromatic N) is 3. The predicted molar refractivity (Wildman–Crippen MR) is 138 cm³/mol. The number of ether oxygens (including phenoxy) is 1. The molecule has 0 bridgehead atoms. The maximum Gasteiger partial charge on any atom is 0.295 e. The number of nitrogens with one attached hydrogen (secondary N) is 1. The van der Waals surface area contributed by atoms with Crippen molar-refractivity contribution in [3.63, 3.8) is 0 Å². The van der Waals surface area contributed by atoms with E-state index in [9.17, 15) is 4.79 Å². The first kappa shape index (κ1) is 22.7. The van der Waals surface area contributed by atoms with Crippen molar-refractivity contribution in [2.24, 2.45) is 0 Å². The molecular formula is C27H18Cl2N4O2. The standard InChI is InChI=1S/C27H18Cl2N4O2/c28-19-9-13-22(14-10-19)33-26(18-5-4-6-20(29)17-18)31-25(32-33)27(34)30-21-11-15-24(16-12-21)35-23-7-2-1-3-8-23/h1-17H,(H,30,34). The van der Waals surface area contributed by atoms with Crippen molar-refractivity contribution in [1.29, 1.82) is 0 Å². The first-order valence-corrected chi connectivity index (χ1v) is 11.4. The van der Waals surface area contributed by atoms with Crippen LogP contribution in [-0.2, 0) is 0 Å². The number of amides is 1. The summed E-state index contributed by atoms with van der Waals surface area (Å²) in [5, 5.41) is 8.45. The highest BCUT2D eigenvalue weighted by atomic mass is 35.5. The van der Waals surface area contributed by atoms with Gasteiger partial charge in [-0.3, -0.25) is 4.79 Å². The number of carbonyl (C=O) groups excluding carboxylic acids is 1. The molecule has 5 rings (SSSR count). The zero-order chi connectivity index (χ0) is 24.2. The second-order valence-corrected chi connectivity index (χ2v) is 8.42. The predicted octanol–water partition coefficient (Wildman–Crippen LogP) is 7.29. The molecule has 0 aliphatic rings. The topological polar surface area (TPSA) is 69.0 Å². The summed E-state index contributed by atoms with van der Waals surface area (Å²) in [4.78, 5) is 17.5. The summed E-state index contributed by atoms with van der Waals surface area (Å²) in [6.45, 7) is 0. The fourth-order valence-corrected chi connectivity index (χ4v) is 3.72. The molecule has 0 aliphatic carbocycles. The Balaban J connectivity index is 1.40. The van der Waals surface area contributed by atoms with Gasteiger partial charge in [0.2, 0.25) is 5.82 Å². The van der Waals surface area contributed by atoms with Crippen LogP contribution in [0.3, 0.4) is 0 Å². The minimum absolute atomic E-state index is 0.0135. The molecule has 1 aromatic heterocycles. The van der Waals surface area contributed by atoms with Gasteiger partial charge in [-0.1, -0.05) is 53.5 Å². The average molecular weight is 501 g/mol. The van der Waals surface area contributed by atoms with Gasteiger partial charge in [-0.2, -0.15) is 0 Å². The van der Waals surface area contributed by atoms with Gasteiger partial charge >= 0.3 is 0 Å². The molecule has 1 heterocycles. The number of benzene rings is 4. The van der Waals surface area contributed by atoms with E-state index in [1.807, 2.05) is 42.5 Å². The third-order valence-electron chi connectivity index (χ3n) is 5.06. The lowest BCUT2D eigenvalue weighted by molar-refractivity contribution is 0.101. The van der Waals surface area contributed by atoms with E-state index in [1.165, 1.54) is 0 Å². The van der Waals surface area contributed by atoms with E-state index >= 15 is 0 Å². The van der Waals surface area contributed by atoms with Crippen molar-refractivity contribution < 1.29 is 9.53 Å². The van der Waals surface area contributed by atoms with Crippen molar-refractivity contribution in [2.45, 2.75) is 0 Å². The fraction of sp³-hybridized carbons (Fsp3) is 0. The number of anilines is 1. The lowest BCUT2D eigenvalue weighted by Crippen LogP contribution is -2.14. The van der Waals surface area contributed by atoms with Gasteiger partial charge < -0.3 is 10.1 Å². The molecule has 1 N–H and O–H groups in total. The second kappa shape index (κ2) is 10.0. The normalized spacial score (nSPS) is 10.7. The monoisotopic (exact) mass is 500 g/mol. The van der Waals surface area contributed by atoms with Crippen LogP contribution in [0.5, 0.6) is 11.5 Å². The molecule has 35 heavy (non-hydrogen) atoms. The summed E-state index contributed by atoms with van der Waals surface area (Å²) in [6, 6.07) is 30.8. The van der Waals surface area contributed by atoms with Gasteiger partial charge in [0.15, 0.2) is 5.82 Å². The van der Waals surface area contributed by atoms with Gasteiger partial charge in [0.1, 0.15) is 11.5 Å². The molecule has 5 aromatic rings. The minimum Gasteiger partial charge on any atom is -0.457 e. The Labute approximate surface area is 211 Å². The molecule has 4 aromatic carbocycles.